The molecular formula is C22H37BrO5Si. The van der Waals surface area contributed by atoms with Gasteiger partial charge in [0.25, 0.3) is 0 Å². The summed E-state index contributed by atoms with van der Waals surface area (Å²) in [7, 11) is -1.74. The standard InChI is InChI=1S/C22H37BrO5Si/c1-7-26-20(24)22(16-17(6)23,21(25)27-8-2)18-12-14-19(15-13-18)28-29(9-3,10-4)11-5/h14,18H,6-13,15-16H2,1-5H3. The van der Waals surface area contributed by atoms with E-state index in [-0.39, 0.29) is 25.6 Å². The van der Waals surface area contributed by atoms with Gasteiger partial charge >= 0.3 is 11.9 Å². The van der Waals surface area contributed by atoms with Gasteiger partial charge in [0.15, 0.2) is 5.41 Å². The van der Waals surface area contributed by atoms with Gasteiger partial charge in [-0.1, -0.05) is 43.3 Å². The van der Waals surface area contributed by atoms with Crippen molar-refractivity contribution in [3.63, 3.8) is 0 Å². The van der Waals surface area contributed by atoms with E-state index in [2.05, 4.69) is 49.4 Å². The Morgan fingerprint density at radius 2 is 1.62 bits per heavy atom. The molecule has 0 amide bonds. The van der Waals surface area contributed by atoms with Crippen molar-refractivity contribution in [2.45, 2.75) is 78.4 Å². The summed E-state index contributed by atoms with van der Waals surface area (Å²) in [5.41, 5.74) is -1.39. The van der Waals surface area contributed by atoms with Crippen LogP contribution in [0.25, 0.3) is 0 Å². The predicted octanol–water partition coefficient (Wildman–Crippen LogP) is 6.10. The third-order valence-electron chi connectivity index (χ3n) is 6.10. The minimum atomic E-state index is -1.74. The molecular weight excluding hydrogens is 452 g/mol. The molecule has 0 bridgehead atoms. The fourth-order valence-corrected chi connectivity index (χ4v) is 7.24. The van der Waals surface area contributed by atoms with Gasteiger partial charge in [0, 0.05) is 12.8 Å². The van der Waals surface area contributed by atoms with Crippen LogP contribution < -0.4 is 0 Å². The van der Waals surface area contributed by atoms with Crippen LogP contribution in [0.1, 0.15) is 60.3 Å². The smallest absolute Gasteiger partial charge is 0.324 e. The van der Waals surface area contributed by atoms with Crippen LogP contribution in [0.2, 0.25) is 18.1 Å². The summed E-state index contributed by atoms with van der Waals surface area (Å²) in [6.07, 6.45) is 4.20. The summed E-state index contributed by atoms with van der Waals surface area (Å²) >= 11 is 3.35. The third kappa shape index (κ3) is 6.20. The second-order valence-electron chi connectivity index (χ2n) is 7.59. The van der Waals surface area contributed by atoms with Crippen LogP contribution in [0.15, 0.2) is 22.9 Å². The number of carbonyl (C=O) groups is 2. The van der Waals surface area contributed by atoms with E-state index in [1.807, 2.05) is 0 Å². The van der Waals surface area contributed by atoms with Crippen LogP contribution >= 0.6 is 15.9 Å². The molecule has 1 aliphatic carbocycles. The van der Waals surface area contributed by atoms with Crippen molar-refractivity contribution in [1.82, 2.24) is 0 Å². The van der Waals surface area contributed by atoms with Crippen molar-refractivity contribution in [2.24, 2.45) is 11.3 Å². The maximum atomic E-state index is 13.0. The summed E-state index contributed by atoms with van der Waals surface area (Å²) in [6.45, 7) is 14.4. The first kappa shape index (κ1) is 26.0. The van der Waals surface area contributed by atoms with Crippen molar-refractivity contribution in [3.8, 4) is 0 Å². The van der Waals surface area contributed by atoms with Crippen LogP contribution in [0.5, 0.6) is 0 Å². The number of hydrogen-bond acceptors (Lipinski definition) is 5. The van der Waals surface area contributed by atoms with Gasteiger partial charge in [0.2, 0.25) is 8.32 Å². The zero-order valence-corrected chi connectivity index (χ0v) is 21.2. The molecule has 0 heterocycles. The molecule has 1 aliphatic rings. The Bertz CT molecular complexity index is 586. The lowest BCUT2D eigenvalue weighted by atomic mass is 9.67. The molecule has 0 aromatic rings. The zero-order valence-electron chi connectivity index (χ0n) is 18.6. The Morgan fingerprint density at radius 3 is 1.97 bits per heavy atom. The second kappa shape index (κ2) is 11.9. The van der Waals surface area contributed by atoms with E-state index >= 15 is 0 Å². The van der Waals surface area contributed by atoms with Gasteiger partial charge in [0.1, 0.15) is 0 Å². The lowest BCUT2D eigenvalue weighted by molar-refractivity contribution is -0.177. The molecule has 166 valence electrons. The first-order valence-electron chi connectivity index (χ1n) is 10.8. The Hall–Kier alpha value is -1.08. The van der Waals surface area contributed by atoms with Crippen molar-refractivity contribution < 1.29 is 23.5 Å². The number of allylic oxidation sites excluding steroid dienone is 3. The third-order valence-corrected chi connectivity index (χ3v) is 10.9. The van der Waals surface area contributed by atoms with E-state index in [4.69, 9.17) is 13.9 Å². The van der Waals surface area contributed by atoms with Crippen LogP contribution in [-0.2, 0) is 23.5 Å². The summed E-state index contributed by atoms with van der Waals surface area (Å²) in [6, 6.07) is 3.25. The zero-order chi connectivity index (χ0) is 22.1. The molecule has 0 aromatic heterocycles. The molecule has 0 radical (unpaired) electrons. The van der Waals surface area contributed by atoms with E-state index in [1.54, 1.807) is 13.8 Å². The normalized spacial score (nSPS) is 17.3. The quantitative estimate of drug-likeness (QED) is 0.188. The highest BCUT2D eigenvalue weighted by molar-refractivity contribution is 9.11. The molecule has 29 heavy (non-hydrogen) atoms. The highest BCUT2D eigenvalue weighted by atomic mass is 79.9. The number of carbonyl (C=O) groups excluding carboxylic acids is 2. The van der Waals surface area contributed by atoms with Gasteiger partial charge in [-0.2, -0.15) is 0 Å². The van der Waals surface area contributed by atoms with Crippen molar-refractivity contribution >= 4 is 36.2 Å². The maximum Gasteiger partial charge on any atom is 0.324 e. The van der Waals surface area contributed by atoms with E-state index in [0.717, 1.165) is 30.3 Å². The molecule has 0 fully saturated rings. The highest BCUT2D eigenvalue weighted by Crippen LogP contribution is 2.46. The van der Waals surface area contributed by atoms with Crippen LogP contribution in [0.4, 0.5) is 0 Å². The van der Waals surface area contributed by atoms with Gasteiger partial charge in [-0.3, -0.25) is 9.59 Å². The molecule has 0 saturated heterocycles. The lowest BCUT2D eigenvalue weighted by Gasteiger charge is -2.39. The maximum absolute atomic E-state index is 13.0. The fourth-order valence-electron chi connectivity index (χ4n) is 4.12. The number of ether oxygens (including phenoxy) is 2. The molecule has 0 saturated carbocycles. The summed E-state index contributed by atoms with van der Waals surface area (Å²) in [5, 5.41) is 0. The molecule has 7 heteroatoms. The largest absolute Gasteiger partial charge is 0.547 e. The topological polar surface area (TPSA) is 61.8 Å². The number of hydrogen-bond donors (Lipinski definition) is 0. The number of halogens is 1. The highest BCUT2D eigenvalue weighted by Gasteiger charge is 2.55. The average Bonchev–Trinajstić information content (AvgIpc) is 2.71. The van der Waals surface area contributed by atoms with Crippen LogP contribution in [0, 0.1) is 11.3 Å². The van der Waals surface area contributed by atoms with E-state index in [0.29, 0.717) is 17.3 Å². The lowest BCUT2D eigenvalue weighted by Crippen LogP contribution is -2.48. The molecule has 0 N–H and O–H groups in total. The molecule has 0 aromatic carbocycles. The van der Waals surface area contributed by atoms with E-state index < -0.39 is 25.7 Å². The van der Waals surface area contributed by atoms with Gasteiger partial charge in [-0.05, 0) is 61.3 Å². The first-order valence-corrected chi connectivity index (χ1v) is 14.1. The van der Waals surface area contributed by atoms with Crippen LogP contribution in [0.3, 0.4) is 0 Å². The first-order chi connectivity index (χ1) is 13.7. The molecule has 1 rings (SSSR count). The van der Waals surface area contributed by atoms with Crippen molar-refractivity contribution in [3.05, 3.63) is 22.9 Å². The number of rotatable bonds is 12. The Kier molecular flexibility index (Phi) is 10.7. The van der Waals surface area contributed by atoms with E-state index in [1.165, 1.54) is 0 Å². The van der Waals surface area contributed by atoms with Crippen molar-refractivity contribution in [1.29, 1.82) is 0 Å². The monoisotopic (exact) mass is 488 g/mol. The average molecular weight is 490 g/mol. The van der Waals surface area contributed by atoms with Gasteiger partial charge in [-0.15, -0.1) is 0 Å². The summed E-state index contributed by atoms with van der Waals surface area (Å²) < 4.78 is 17.8. The molecule has 0 aliphatic heterocycles. The van der Waals surface area contributed by atoms with Gasteiger partial charge in [-0.25, -0.2) is 0 Å². The minimum absolute atomic E-state index is 0.164. The minimum Gasteiger partial charge on any atom is -0.547 e. The van der Waals surface area contributed by atoms with E-state index in [9.17, 15) is 9.59 Å². The summed E-state index contributed by atoms with van der Waals surface area (Å²) in [5.74, 6) is -0.261. The summed E-state index contributed by atoms with van der Waals surface area (Å²) in [4.78, 5) is 26.1. The van der Waals surface area contributed by atoms with Gasteiger partial charge < -0.3 is 13.9 Å². The molecule has 1 atom stereocenters. The Labute approximate surface area is 185 Å². The predicted molar refractivity (Wildman–Crippen MR) is 122 cm³/mol. The molecule has 5 nitrogen and oxygen atoms in total. The number of esters is 2. The van der Waals surface area contributed by atoms with Gasteiger partial charge in [0.05, 0.1) is 19.0 Å². The fraction of sp³-hybridized carbons (Fsp3) is 0.727. The SMILES string of the molecule is C=C(Br)CC(C(=O)OCC)(C(=O)OCC)C1CC=C(O[Si](CC)(CC)CC)CC1. The molecule has 1 unspecified atom stereocenters. The van der Waals surface area contributed by atoms with Crippen LogP contribution in [-0.4, -0.2) is 33.5 Å². The second-order valence-corrected chi connectivity index (χ2v) is 13.4. The molecule has 0 spiro atoms. The van der Waals surface area contributed by atoms with Crippen molar-refractivity contribution in [2.75, 3.05) is 13.2 Å². The Morgan fingerprint density at radius 1 is 1.10 bits per heavy atom. The Balaban J connectivity index is 3.21.